The predicted molar refractivity (Wildman–Crippen MR) is 119 cm³/mol. The molecule has 2 atom stereocenters. The van der Waals surface area contributed by atoms with Crippen molar-refractivity contribution >= 4 is 5.91 Å². The van der Waals surface area contributed by atoms with Gasteiger partial charge < -0.3 is 10.2 Å². The van der Waals surface area contributed by atoms with E-state index in [2.05, 4.69) is 39.8 Å². The lowest BCUT2D eigenvalue weighted by Crippen LogP contribution is -3.12. The first-order valence-corrected chi connectivity index (χ1v) is 11.1. The molecule has 1 fully saturated rings. The number of aryl methyl sites for hydroxylation is 1. The molecule has 0 radical (unpaired) electrons. The predicted octanol–water partition coefficient (Wildman–Crippen LogP) is 1.78. The quantitative estimate of drug-likeness (QED) is 0.612. The second-order valence-electron chi connectivity index (χ2n) is 8.73. The SMILES string of the molecule is Cc1ccc(CNC(=O)Cn2nnc(-c3ccc(C[NH+]4CCC[C@H](C)C4)cc3)n2)cc1. The molecule has 7 heteroatoms. The topological polar surface area (TPSA) is 77.1 Å². The van der Waals surface area contributed by atoms with Crippen molar-refractivity contribution in [1.29, 1.82) is 0 Å². The minimum absolute atomic E-state index is 0.0491. The summed E-state index contributed by atoms with van der Waals surface area (Å²) in [7, 11) is 0. The molecule has 1 aliphatic rings. The summed E-state index contributed by atoms with van der Waals surface area (Å²) in [6.45, 7) is 8.50. The highest BCUT2D eigenvalue weighted by atomic mass is 16.2. The zero-order chi connectivity index (χ0) is 21.6. The van der Waals surface area contributed by atoms with Gasteiger partial charge >= 0.3 is 0 Å². The van der Waals surface area contributed by atoms with Crippen LogP contribution in [0.15, 0.2) is 48.5 Å². The molecular weight excluding hydrogens is 388 g/mol. The number of quaternary nitrogens is 1. The maximum atomic E-state index is 12.2. The van der Waals surface area contributed by atoms with Crippen LogP contribution in [0.4, 0.5) is 0 Å². The van der Waals surface area contributed by atoms with E-state index in [9.17, 15) is 4.79 Å². The van der Waals surface area contributed by atoms with E-state index in [0.29, 0.717) is 12.4 Å². The lowest BCUT2D eigenvalue weighted by molar-refractivity contribution is -0.922. The lowest BCUT2D eigenvalue weighted by atomic mass is 9.99. The summed E-state index contributed by atoms with van der Waals surface area (Å²) in [6, 6.07) is 16.5. The van der Waals surface area contributed by atoms with Crippen LogP contribution in [0.25, 0.3) is 11.4 Å². The Morgan fingerprint density at radius 3 is 2.61 bits per heavy atom. The van der Waals surface area contributed by atoms with E-state index in [0.717, 1.165) is 23.6 Å². The summed E-state index contributed by atoms with van der Waals surface area (Å²) < 4.78 is 0. The summed E-state index contributed by atoms with van der Waals surface area (Å²) in [5.41, 5.74) is 4.50. The molecule has 3 aromatic rings. The van der Waals surface area contributed by atoms with Gasteiger partial charge in [0.1, 0.15) is 13.1 Å². The van der Waals surface area contributed by atoms with Gasteiger partial charge in [0.2, 0.25) is 11.7 Å². The molecule has 1 amide bonds. The van der Waals surface area contributed by atoms with Gasteiger partial charge in [0.25, 0.3) is 0 Å². The van der Waals surface area contributed by atoms with Crippen molar-refractivity contribution in [3.63, 3.8) is 0 Å². The Morgan fingerprint density at radius 2 is 1.87 bits per heavy atom. The third-order valence-corrected chi connectivity index (χ3v) is 5.88. The van der Waals surface area contributed by atoms with Crippen LogP contribution >= 0.6 is 0 Å². The van der Waals surface area contributed by atoms with Gasteiger partial charge in [0.05, 0.1) is 13.1 Å². The van der Waals surface area contributed by atoms with E-state index < -0.39 is 0 Å². The number of aromatic nitrogens is 4. The van der Waals surface area contributed by atoms with Crippen LogP contribution in [0.3, 0.4) is 0 Å². The number of amides is 1. The van der Waals surface area contributed by atoms with Crippen LogP contribution < -0.4 is 10.2 Å². The number of nitrogens with zero attached hydrogens (tertiary/aromatic N) is 4. The fourth-order valence-electron chi connectivity index (χ4n) is 4.14. The molecule has 4 rings (SSSR count). The molecular formula is C24H31N6O+. The Balaban J connectivity index is 1.29. The van der Waals surface area contributed by atoms with Crippen LogP contribution in [0.5, 0.6) is 0 Å². The summed E-state index contributed by atoms with van der Waals surface area (Å²) in [4.78, 5) is 15.2. The van der Waals surface area contributed by atoms with Gasteiger partial charge in [-0.15, -0.1) is 10.2 Å². The second kappa shape index (κ2) is 9.83. The van der Waals surface area contributed by atoms with Crippen molar-refractivity contribution in [3.05, 3.63) is 65.2 Å². The molecule has 0 saturated carbocycles. The van der Waals surface area contributed by atoms with Crippen LogP contribution in [-0.2, 0) is 24.4 Å². The van der Waals surface area contributed by atoms with E-state index in [1.54, 1.807) is 4.90 Å². The molecule has 162 valence electrons. The van der Waals surface area contributed by atoms with Crippen LogP contribution in [0.2, 0.25) is 0 Å². The summed E-state index contributed by atoms with van der Waals surface area (Å²) in [5.74, 6) is 1.21. The fraction of sp³-hybridized carbons (Fsp3) is 0.417. The Labute approximate surface area is 183 Å². The number of likely N-dealkylation sites (tertiary alicyclic amines) is 1. The molecule has 7 nitrogen and oxygen atoms in total. The minimum atomic E-state index is -0.140. The summed E-state index contributed by atoms with van der Waals surface area (Å²) in [5, 5.41) is 15.4. The molecule has 0 bridgehead atoms. The minimum Gasteiger partial charge on any atom is -0.350 e. The van der Waals surface area contributed by atoms with Gasteiger partial charge in [-0.1, -0.05) is 61.0 Å². The zero-order valence-electron chi connectivity index (χ0n) is 18.3. The highest BCUT2D eigenvalue weighted by molar-refractivity contribution is 5.75. The van der Waals surface area contributed by atoms with Crippen molar-refractivity contribution in [2.45, 2.75) is 46.3 Å². The maximum Gasteiger partial charge on any atom is 0.243 e. The average Bonchev–Trinajstić information content (AvgIpc) is 3.22. The molecule has 1 aromatic heterocycles. The number of tetrazole rings is 1. The number of benzene rings is 2. The maximum absolute atomic E-state index is 12.2. The van der Waals surface area contributed by atoms with Gasteiger partial charge in [-0.25, -0.2) is 0 Å². The second-order valence-corrected chi connectivity index (χ2v) is 8.73. The molecule has 31 heavy (non-hydrogen) atoms. The third-order valence-electron chi connectivity index (χ3n) is 5.88. The fourth-order valence-corrected chi connectivity index (χ4v) is 4.14. The number of carbonyl (C=O) groups excluding carboxylic acids is 1. The van der Waals surface area contributed by atoms with E-state index >= 15 is 0 Å². The van der Waals surface area contributed by atoms with Crippen LogP contribution in [0.1, 0.15) is 36.5 Å². The average molecular weight is 420 g/mol. The van der Waals surface area contributed by atoms with Crippen LogP contribution in [0, 0.1) is 12.8 Å². The molecule has 1 saturated heterocycles. The largest absolute Gasteiger partial charge is 0.350 e. The zero-order valence-corrected chi connectivity index (χ0v) is 18.3. The van der Waals surface area contributed by atoms with Gasteiger partial charge in [-0.2, -0.15) is 4.80 Å². The first-order chi connectivity index (χ1) is 15.0. The van der Waals surface area contributed by atoms with Crippen molar-refractivity contribution in [2.75, 3.05) is 13.1 Å². The van der Waals surface area contributed by atoms with Crippen LogP contribution in [-0.4, -0.2) is 39.2 Å². The van der Waals surface area contributed by atoms with Crippen molar-refractivity contribution in [2.24, 2.45) is 5.92 Å². The molecule has 2 heterocycles. The molecule has 2 N–H and O–H groups in total. The smallest absolute Gasteiger partial charge is 0.243 e. The highest BCUT2D eigenvalue weighted by Gasteiger charge is 2.19. The first kappa shape index (κ1) is 21.2. The lowest BCUT2D eigenvalue weighted by Gasteiger charge is -2.27. The standard InChI is InChI=1S/C24H30N6O/c1-18-5-7-20(8-6-18)14-25-23(31)17-30-27-24(26-28-30)22-11-9-21(10-12-22)16-29-13-3-4-19(2)15-29/h5-12,19H,3-4,13-17H2,1-2H3,(H,25,31)/p+1/t19-/m0/s1. The van der Waals surface area contributed by atoms with Gasteiger partial charge in [0, 0.05) is 23.6 Å². The number of rotatable bonds is 7. The van der Waals surface area contributed by atoms with E-state index in [4.69, 9.17) is 0 Å². The molecule has 0 aliphatic carbocycles. The molecule has 1 unspecified atom stereocenters. The van der Waals surface area contributed by atoms with E-state index in [1.807, 2.05) is 43.3 Å². The Morgan fingerprint density at radius 1 is 1.13 bits per heavy atom. The van der Waals surface area contributed by atoms with Crippen molar-refractivity contribution < 1.29 is 9.69 Å². The number of piperidine rings is 1. The monoisotopic (exact) mass is 419 g/mol. The van der Waals surface area contributed by atoms with Gasteiger partial charge in [-0.3, -0.25) is 4.79 Å². The first-order valence-electron chi connectivity index (χ1n) is 11.1. The highest BCUT2D eigenvalue weighted by Crippen LogP contribution is 2.14. The Hall–Kier alpha value is -3.06. The number of carbonyl (C=O) groups is 1. The van der Waals surface area contributed by atoms with E-state index in [1.165, 1.54) is 41.9 Å². The Bertz CT molecular complexity index is 996. The number of hydrogen-bond acceptors (Lipinski definition) is 4. The third kappa shape index (κ3) is 5.98. The molecule has 1 aliphatic heterocycles. The normalized spacial score (nSPS) is 18.6. The number of hydrogen-bond donors (Lipinski definition) is 2. The van der Waals surface area contributed by atoms with E-state index in [-0.39, 0.29) is 12.5 Å². The summed E-state index contributed by atoms with van der Waals surface area (Å²) in [6.07, 6.45) is 2.67. The summed E-state index contributed by atoms with van der Waals surface area (Å²) >= 11 is 0. The number of nitrogens with one attached hydrogen (secondary N) is 2. The molecule has 2 aromatic carbocycles. The Kier molecular flexibility index (Phi) is 6.72. The van der Waals surface area contributed by atoms with Crippen molar-refractivity contribution in [1.82, 2.24) is 25.5 Å². The van der Waals surface area contributed by atoms with Crippen molar-refractivity contribution in [3.8, 4) is 11.4 Å². The molecule has 0 spiro atoms. The van der Waals surface area contributed by atoms with Gasteiger partial charge in [-0.05, 0) is 30.5 Å². The van der Waals surface area contributed by atoms with Gasteiger partial charge in [0.15, 0.2) is 0 Å².